The number of nitrogens with zero attached hydrogens (tertiary/aromatic N) is 3. The fourth-order valence-corrected chi connectivity index (χ4v) is 3.70. The quantitative estimate of drug-likeness (QED) is 0.683. The number of anilines is 1. The molecule has 1 aromatic heterocycles. The lowest BCUT2D eigenvalue weighted by Gasteiger charge is -2.34. The van der Waals surface area contributed by atoms with E-state index in [2.05, 4.69) is 56.6 Å². The SMILES string of the molecule is CC(C)NC(=O)c1cccc(-c2cc(-c3ccc(N4CCN(C)CC4)cc3)[nH]n2)c1. The Hall–Kier alpha value is -3.12. The van der Waals surface area contributed by atoms with Crippen LogP contribution in [0.1, 0.15) is 24.2 Å². The largest absolute Gasteiger partial charge is 0.369 e. The summed E-state index contributed by atoms with van der Waals surface area (Å²) in [4.78, 5) is 17.1. The zero-order valence-corrected chi connectivity index (χ0v) is 17.9. The average molecular weight is 404 g/mol. The van der Waals surface area contributed by atoms with E-state index < -0.39 is 0 Å². The molecule has 4 rings (SSSR count). The van der Waals surface area contributed by atoms with Crippen LogP contribution >= 0.6 is 0 Å². The van der Waals surface area contributed by atoms with Crippen LogP contribution in [0.25, 0.3) is 22.5 Å². The van der Waals surface area contributed by atoms with Crippen molar-refractivity contribution in [3.8, 4) is 22.5 Å². The molecule has 1 amide bonds. The zero-order valence-electron chi connectivity index (χ0n) is 17.9. The summed E-state index contributed by atoms with van der Waals surface area (Å²) in [6, 6.07) is 18.3. The third-order valence-corrected chi connectivity index (χ3v) is 5.46. The molecule has 0 aliphatic carbocycles. The Morgan fingerprint density at radius 2 is 1.73 bits per heavy atom. The van der Waals surface area contributed by atoms with E-state index in [0.717, 1.165) is 48.7 Å². The highest BCUT2D eigenvalue weighted by atomic mass is 16.1. The van der Waals surface area contributed by atoms with E-state index in [9.17, 15) is 4.79 Å². The molecule has 1 saturated heterocycles. The monoisotopic (exact) mass is 403 g/mol. The van der Waals surface area contributed by atoms with Gasteiger partial charge in [-0.2, -0.15) is 5.10 Å². The van der Waals surface area contributed by atoms with Crippen LogP contribution in [0.5, 0.6) is 0 Å². The smallest absolute Gasteiger partial charge is 0.251 e. The second-order valence-electron chi connectivity index (χ2n) is 8.21. The minimum Gasteiger partial charge on any atom is -0.369 e. The van der Waals surface area contributed by atoms with Crippen LogP contribution in [0.15, 0.2) is 54.6 Å². The minimum absolute atomic E-state index is 0.0675. The highest BCUT2D eigenvalue weighted by Gasteiger charge is 2.15. The van der Waals surface area contributed by atoms with Gasteiger partial charge in [0.05, 0.1) is 11.4 Å². The second-order valence-corrected chi connectivity index (χ2v) is 8.21. The molecule has 6 heteroatoms. The van der Waals surface area contributed by atoms with E-state index in [0.29, 0.717) is 5.56 Å². The number of carbonyl (C=O) groups excluding carboxylic acids is 1. The number of aromatic amines is 1. The predicted octanol–water partition coefficient (Wildman–Crippen LogP) is 3.63. The number of aromatic nitrogens is 2. The Morgan fingerprint density at radius 1 is 1.00 bits per heavy atom. The maximum absolute atomic E-state index is 12.3. The minimum atomic E-state index is -0.0675. The lowest BCUT2D eigenvalue weighted by atomic mass is 10.1. The van der Waals surface area contributed by atoms with Crippen molar-refractivity contribution in [1.82, 2.24) is 20.4 Å². The van der Waals surface area contributed by atoms with E-state index in [-0.39, 0.29) is 11.9 Å². The molecular formula is C24H29N5O. The summed E-state index contributed by atoms with van der Waals surface area (Å²) in [6.45, 7) is 8.23. The molecule has 2 heterocycles. The standard InChI is InChI=1S/C24H29N5O/c1-17(2)25-24(30)20-6-4-5-19(15-20)23-16-22(26-27-23)18-7-9-21(10-8-18)29-13-11-28(3)12-14-29/h4-10,15-17H,11-14H2,1-3H3,(H,25,30)(H,26,27). The first-order valence-corrected chi connectivity index (χ1v) is 10.5. The summed E-state index contributed by atoms with van der Waals surface area (Å²) in [7, 11) is 2.17. The molecule has 1 aliphatic heterocycles. The lowest BCUT2D eigenvalue weighted by Crippen LogP contribution is -2.44. The third kappa shape index (κ3) is 4.54. The van der Waals surface area contributed by atoms with Gasteiger partial charge in [-0.05, 0) is 56.8 Å². The van der Waals surface area contributed by atoms with Gasteiger partial charge in [-0.3, -0.25) is 9.89 Å². The molecule has 0 saturated carbocycles. The average Bonchev–Trinajstić information content (AvgIpc) is 3.24. The predicted molar refractivity (Wildman–Crippen MR) is 122 cm³/mol. The van der Waals surface area contributed by atoms with Gasteiger partial charge in [0.1, 0.15) is 0 Å². The Bertz CT molecular complexity index is 1000. The number of nitrogens with one attached hydrogen (secondary N) is 2. The van der Waals surface area contributed by atoms with Gasteiger partial charge in [0.2, 0.25) is 0 Å². The van der Waals surface area contributed by atoms with Gasteiger partial charge < -0.3 is 15.1 Å². The first-order chi connectivity index (χ1) is 14.5. The number of amides is 1. The summed E-state index contributed by atoms with van der Waals surface area (Å²) in [5, 5.41) is 10.5. The zero-order chi connectivity index (χ0) is 21.1. The molecule has 0 bridgehead atoms. The Labute approximate surface area is 177 Å². The number of rotatable bonds is 5. The molecule has 30 heavy (non-hydrogen) atoms. The molecule has 1 aliphatic rings. The van der Waals surface area contributed by atoms with Crippen LogP contribution in [-0.2, 0) is 0 Å². The van der Waals surface area contributed by atoms with E-state index in [1.807, 2.05) is 44.2 Å². The van der Waals surface area contributed by atoms with Crippen LogP contribution in [0.3, 0.4) is 0 Å². The first kappa shape index (κ1) is 20.2. The van der Waals surface area contributed by atoms with Crippen molar-refractivity contribution in [2.75, 3.05) is 38.1 Å². The van der Waals surface area contributed by atoms with E-state index in [1.165, 1.54) is 5.69 Å². The van der Waals surface area contributed by atoms with Gasteiger partial charge >= 0.3 is 0 Å². The van der Waals surface area contributed by atoms with Gasteiger partial charge in [-0.15, -0.1) is 0 Å². The van der Waals surface area contributed by atoms with Crippen LogP contribution < -0.4 is 10.2 Å². The number of piperazine rings is 1. The van der Waals surface area contributed by atoms with E-state index in [1.54, 1.807) is 0 Å². The third-order valence-electron chi connectivity index (χ3n) is 5.46. The van der Waals surface area contributed by atoms with Gasteiger partial charge in [-0.25, -0.2) is 0 Å². The summed E-state index contributed by atoms with van der Waals surface area (Å²) < 4.78 is 0. The lowest BCUT2D eigenvalue weighted by molar-refractivity contribution is 0.0943. The molecule has 3 aromatic rings. The van der Waals surface area contributed by atoms with Crippen molar-refractivity contribution in [2.24, 2.45) is 0 Å². The highest BCUT2D eigenvalue weighted by molar-refractivity contribution is 5.95. The second kappa shape index (κ2) is 8.71. The summed E-state index contributed by atoms with van der Waals surface area (Å²) in [6.07, 6.45) is 0. The molecule has 6 nitrogen and oxygen atoms in total. The normalized spacial score (nSPS) is 14.9. The number of H-pyrrole nitrogens is 1. The maximum Gasteiger partial charge on any atom is 0.251 e. The summed E-state index contributed by atoms with van der Waals surface area (Å²) >= 11 is 0. The van der Waals surface area contributed by atoms with Gasteiger partial charge in [0.15, 0.2) is 0 Å². The topological polar surface area (TPSA) is 64.3 Å². The van der Waals surface area contributed by atoms with Crippen LogP contribution in [0, 0.1) is 0 Å². The van der Waals surface area contributed by atoms with E-state index in [4.69, 9.17) is 0 Å². The summed E-state index contributed by atoms with van der Waals surface area (Å²) in [5.74, 6) is -0.0675. The Balaban J connectivity index is 1.50. The first-order valence-electron chi connectivity index (χ1n) is 10.5. The van der Waals surface area contributed by atoms with Gasteiger partial charge in [-0.1, -0.05) is 24.3 Å². The van der Waals surface area contributed by atoms with Crippen LogP contribution in [-0.4, -0.2) is 60.3 Å². The van der Waals surface area contributed by atoms with Crippen molar-refractivity contribution in [3.63, 3.8) is 0 Å². The number of hydrogen-bond acceptors (Lipinski definition) is 4. The summed E-state index contributed by atoms with van der Waals surface area (Å²) in [5.41, 5.74) is 5.71. The Kier molecular flexibility index (Phi) is 5.86. The highest BCUT2D eigenvalue weighted by Crippen LogP contribution is 2.26. The fraction of sp³-hybridized carbons (Fsp3) is 0.333. The Morgan fingerprint density at radius 3 is 2.43 bits per heavy atom. The van der Waals surface area contributed by atoms with Crippen molar-refractivity contribution in [3.05, 3.63) is 60.2 Å². The number of likely N-dealkylation sites (N-methyl/N-ethyl adjacent to an activating group) is 1. The molecule has 0 spiro atoms. The van der Waals surface area contributed by atoms with Crippen molar-refractivity contribution in [2.45, 2.75) is 19.9 Å². The molecule has 0 radical (unpaired) electrons. The van der Waals surface area contributed by atoms with Crippen LogP contribution in [0.2, 0.25) is 0 Å². The van der Waals surface area contributed by atoms with Gasteiger partial charge in [0.25, 0.3) is 5.91 Å². The molecule has 0 unspecified atom stereocenters. The molecule has 156 valence electrons. The number of carbonyl (C=O) groups is 1. The van der Waals surface area contributed by atoms with Crippen molar-refractivity contribution in [1.29, 1.82) is 0 Å². The van der Waals surface area contributed by atoms with Crippen molar-refractivity contribution >= 4 is 11.6 Å². The van der Waals surface area contributed by atoms with Crippen LogP contribution in [0.4, 0.5) is 5.69 Å². The molecule has 1 fully saturated rings. The molecular weight excluding hydrogens is 374 g/mol. The molecule has 2 aromatic carbocycles. The number of hydrogen-bond donors (Lipinski definition) is 2. The van der Waals surface area contributed by atoms with Crippen molar-refractivity contribution < 1.29 is 4.79 Å². The van der Waals surface area contributed by atoms with E-state index >= 15 is 0 Å². The number of benzene rings is 2. The maximum atomic E-state index is 12.3. The molecule has 0 atom stereocenters. The fourth-order valence-electron chi connectivity index (χ4n) is 3.70. The molecule has 2 N–H and O–H groups in total. The van der Waals surface area contributed by atoms with Gasteiger partial charge in [0, 0.05) is 49.0 Å².